The van der Waals surface area contributed by atoms with Crippen molar-refractivity contribution >= 4 is 17.5 Å². The molecule has 4 heteroatoms. The molecule has 1 amide bonds. The summed E-state index contributed by atoms with van der Waals surface area (Å²) in [7, 11) is 0. The first-order chi connectivity index (χ1) is 9.61. The van der Waals surface area contributed by atoms with Crippen LogP contribution in [0.2, 0.25) is 5.02 Å². The van der Waals surface area contributed by atoms with Gasteiger partial charge in [-0.05, 0) is 37.0 Å². The first-order valence-corrected chi connectivity index (χ1v) is 7.75. The molecule has 3 nitrogen and oxygen atoms in total. The van der Waals surface area contributed by atoms with Gasteiger partial charge in [0.05, 0.1) is 11.5 Å². The van der Waals surface area contributed by atoms with Crippen molar-refractivity contribution in [2.24, 2.45) is 11.1 Å². The van der Waals surface area contributed by atoms with Crippen molar-refractivity contribution in [3.8, 4) is 0 Å². The van der Waals surface area contributed by atoms with Crippen LogP contribution in [0, 0.1) is 5.41 Å². The lowest BCUT2D eigenvalue weighted by Gasteiger charge is -2.29. The first kappa shape index (κ1) is 15.3. The van der Waals surface area contributed by atoms with Crippen LogP contribution in [0.4, 0.5) is 0 Å². The van der Waals surface area contributed by atoms with Gasteiger partial charge in [-0.25, -0.2) is 0 Å². The number of amides is 1. The highest BCUT2D eigenvalue weighted by atomic mass is 35.5. The second-order valence-electron chi connectivity index (χ2n) is 5.68. The molecular formula is C16H23ClN2O. The Morgan fingerprint density at radius 1 is 1.35 bits per heavy atom. The van der Waals surface area contributed by atoms with Gasteiger partial charge in [-0.15, -0.1) is 0 Å². The van der Waals surface area contributed by atoms with Crippen molar-refractivity contribution in [2.45, 2.75) is 45.1 Å². The lowest BCUT2D eigenvalue weighted by molar-refractivity contribution is -0.131. The predicted octanol–water partition coefficient (Wildman–Crippen LogP) is 3.43. The Morgan fingerprint density at radius 2 is 1.95 bits per heavy atom. The summed E-state index contributed by atoms with van der Waals surface area (Å²) >= 11 is 5.91. The van der Waals surface area contributed by atoms with E-state index in [-0.39, 0.29) is 17.4 Å². The number of benzene rings is 1. The number of hydrogen-bond donors (Lipinski definition) is 2. The molecule has 3 N–H and O–H groups in total. The van der Waals surface area contributed by atoms with E-state index in [1.807, 2.05) is 24.3 Å². The smallest absolute Gasteiger partial charge is 0.227 e. The largest absolute Gasteiger partial charge is 0.349 e. The lowest BCUT2D eigenvalue weighted by Crippen LogP contribution is -2.45. The highest BCUT2D eigenvalue weighted by Crippen LogP contribution is 2.38. The number of nitrogens with one attached hydrogen (secondary N) is 1. The molecule has 0 saturated heterocycles. The Kier molecular flexibility index (Phi) is 5.06. The van der Waals surface area contributed by atoms with Crippen LogP contribution in [0.5, 0.6) is 0 Å². The van der Waals surface area contributed by atoms with E-state index < -0.39 is 0 Å². The van der Waals surface area contributed by atoms with Crippen molar-refractivity contribution in [2.75, 3.05) is 6.54 Å². The Labute approximate surface area is 125 Å². The molecule has 1 fully saturated rings. The maximum atomic E-state index is 12.6. The average Bonchev–Trinajstić information content (AvgIpc) is 2.96. The van der Waals surface area contributed by atoms with Gasteiger partial charge in [0.1, 0.15) is 0 Å². The first-order valence-electron chi connectivity index (χ1n) is 7.38. The molecule has 0 bridgehead atoms. The number of nitrogens with two attached hydrogens (primary N) is 1. The van der Waals surface area contributed by atoms with Gasteiger partial charge in [0.25, 0.3) is 0 Å². The van der Waals surface area contributed by atoms with Gasteiger partial charge in [-0.2, -0.15) is 0 Å². The lowest BCUT2D eigenvalue weighted by atomic mass is 9.84. The van der Waals surface area contributed by atoms with E-state index in [0.29, 0.717) is 11.6 Å². The number of halogens is 1. The number of carbonyl (C=O) groups is 1. The minimum atomic E-state index is -0.347. The molecule has 0 radical (unpaired) electrons. The zero-order valence-corrected chi connectivity index (χ0v) is 12.7. The van der Waals surface area contributed by atoms with Gasteiger partial charge in [0.15, 0.2) is 0 Å². The molecule has 1 saturated carbocycles. The Morgan fingerprint density at radius 3 is 2.45 bits per heavy atom. The summed E-state index contributed by atoms with van der Waals surface area (Å²) in [5.74, 6) is 0.110. The molecule has 1 aromatic carbocycles. The van der Waals surface area contributed by atoms with Crippen molar-refractivity contribution in [1.29, 1.82) is 0 Å². The quantitative estimate of drug-likeness (QED) is 0.874. The number of hydrogen-bond acceptors (Lipinski definition) is 2. The summed E-state index contributed by atoms with van der Waals surface area (Å²) in [6, 6.07) is 7.70. The molecule has 2 rings (SSSR count). The summed E-state index contributed by atoms with van der Waals surface area (Å²) in [6.07, 6.45) is 4.87. The molecule has 1 aromatic rings. The molecule has 0 aromatic heterocycles. The number of carbonyl (C=O) groups excluding carboxylic acids is 1. The molecule has 0 heterocycles. The van der Waals surface area contributed by atoms with Gasteiger partial charge >= 0.3 is 0 Å². The minimum absolute atomic E-state index is 0.0313. The van der Waals surface area contributed by atoms with E-state index in [1.165, 1.54) is 0 Å². The molecule has 1 aliphatic carbocycles. The molecule has 110 valence electrons. The fraction of sp³-hybridized carbons (Fsp3) is 0.562. The van der Waals surface area contributed by atoms with Gasteiger partial charge in [0.2, 0.25) is 5.91 Å². The van der Waals surface area contributed by atoms with Crippen LogP contribution in [0.15, 0.2) is 24.3 Å². The second-order valence-corrected chi connectivity index (χ2v) is 6.11. The van der Waals surface area contributed by atoms with Crippen LogP contribution in [-0.2, 0) is 4.79 Å². The topological polar surface area (TPSA) is 55.1 Å². The van der Waals surface area contributed by atoms with E-state index in [1.54, 1.807) is 0 Å². The third-order valence-electron chi connectivity index (χ3n) is 4.42. The fourth-order valence-corrected chi connectivity index (χ4v) is 3.13. The maximum Gasteiger partial charge on any atom is 0.227 e. The van der Waals surface area contributed by atoms with Gasteiger partial charge in [-0.1, -0.05) is 43.5 Å². The molecule has 1 unspecified atom stereocenters. The van der Waals surface area contributed by atoms with E-state index in [2.05, 4.69) is 12.2 Å². The maximum absolute atomic E-state index is 12.6. The van der Waals surface area contributed by atoms with E-state index in [4.69, 9.17) is 17.3 Å². The van der Waals surface area contributed by atoms with Gasteiger partial charge in [0, 0.05) is 11.6 Å². The van der Waals surface area contributed by atoms with Crippen molar-refractivity contribution in [1.82, 2.24) is 5.32 Å². The summed E-state index contributed by atoms with van der Waals surface area (Å²) in [4.78, 5) is 12.6. The zero-order valence-electron chi connectivity index (χ0n) is 12.0. The Balaban J connectivity index is 2.09. The summed E-state index contributed by atoms with van der Waals surface area (Å²) in [6.45, 7) is 2.51. The zero-order chi connectivity index (χ0) is 14.6. The van der Waals surface area contributed by atoms with Crippen molar-refractivity contribution in [3.05, 3.63) is 34.9 Å². The second kappa shape index (κ2) is 6.59. The number of rotatable bonds is 5. The van der Waals surface area contributed by atoms with Crippen molar-refractivity contribution < 1.29 is 4.79 Å². The van der Waals surface area contributed by atoms with Crippen LogP contribution < -0.4 is 11.1 Å². The van der Waals surface area contributed by atoms with Gasteiger partial charge < -0.3 is 11.1 Å². The summed E-state index contributed by atoms with van der Waals surface area (Å²) in [5.41, 5.74) is 6.61. The van der Waals surface area contributed by atoms with Crippen LogP contribution in [0.1, 0.15) is 50.6 Å². The highest BCUT2D eigenvalue weighted by molar-refractivity contribution is 6.30. The molecule has 0 spiro atoms. The van der Waals surface area contributed by atoms with E-state index in [0.717, 1.165) is 37.7 Å². The van der Waals surface area contributed by atoms with Crippen LogP contribution in [0.3, 0.4) is 0 Å². The Bertz CT molecular complexity index is 452. The molecule has 20 heavy (non-hydrogen) atoms. The van der Waals surface area contributed by atoms with Crippen molar-refractivity contribution in [3.63, 3.8) is 0 Å². The monoisotopic (exact) mass is 294 g/mol. The summed E-state index contributed by atoms with van der Waals surface area (Å²) in [5, 5.41) is 3.89. The van der Waals surface area contributed by atoms with E-state index in [9.17, 15) is 4.79 Å². The van der Waals surface area contributed by atoms with Crippen LogP contribution >= 0.6 is 11.6 Å². The average molecular weight is 295 g/mol. The highest BCUT2D eigenvalue weighted by Gasteiger charge is 2.40. The molecule has 0 aliphatic heterocycles. The van der Waals surface area contributed by atoms with Gasteiger partial charge in [-0.3, -0.25) is 4.79 Å². The fourth-order valence-electron chi connectivity index (χ4n) is 3.00. The molecule has 1 atom stereocenters. The molecular weight excluding hydrogens is 272 g/mol. The minimum Gasteiger partial charge on any atom is -0.349 e. The van der Waals surface area contributed by atoms with Crippen LogP contribution in [0.25, 0.3) is 0 Å². The Hall–Kier alpha value is -1.06. The normalized spacial score (nSPS) is 18.8. The third-order valence-corrected chi connectivity index (χ3v) is 4.67. The molecule has 1 aliphatic rings. The van der Waals surface area contributed by atoms with Crippen LogP contribution in [-0.4, -0.2) is 12.5 Å². The summed E-state index contributed by atoms with van der Waals surface area (Å²) < 4.78 is 0. The predicted molar refractivity (Wildman–Crippen MR) is 82.6 cm³/mol. The standard InChI is InChI=1S/C16H23ClN2O/c1-2-14(12-5-7-13(17)8-6-12)19-15(20)16(11-18)9-3-4-10-16/h5-8,14H,2-4,9-11,18H2,1H3,(H,19,20). The SMILES string of the molecule is CCC(NC(=O)C1(CN)CCCC1)c1ccc(Cl)cc1. The van der Waals surface area contributed by atoms with E-state index >= 15 is 0 Å². The third kappa shape index (κ3) is 3.15.